The normalized spacial score (nSPS) is 13.7. The Labute approximate surface area is 113 Å². The van der Waals surface area contributed by atoms with Gasteiger partial charge in [0.2, 0.25) is 0 Å². The average Bonchev–Trinajstić information content (AvgIpc) is 2.47. The fraction of sp³-hybridized carbons (Fsp3) is 0.235. The van der Waals surface area contributed by atoms with E-state index in [2.05, 4.69) is 0 Å². The summed E-state index contributed by atoms with van der Waals surface area (Å²) in [7, 11) is 0. The van der Waals surface area contributed by atoms with Crippen LogP contribution in [0.4, 0.5) is 0 Å². The first-order valence-electron chi connectivity index (χ1n) is 6.48. The van der Waals surface area contributed by atoms with Crippen LogP contribution in [0.25, 0.3) is 0 Å². The lowest BCUT2D eigenvalue weighted by Crippen LogP contribution is -2.34. The molecule has 2 aromatic rings. The summed E-state index contributed by atoms with van der Waals surface area (Å²) in [5, 5.41) is 10.4. The van der Waals surface area contributed by atoms with Gasteiger partial charge in [0, 0.05) is 6.42 Å². The third-order valence-corrected chi connectivity index (χ3v) is 3.26. The van der Waals surface area contributed by atoms with Gasteiger partial charge in [0.15, 0.2) is 6.29 Å². The average molecular weight is 254 g/mol. The van der Waals surface area contributed by atoms with Crippen molar-refractivity contribution in [2.75, 3.05) is 0 Å². The fourth-order valence-corrected chi connectivity index (χ4v) is 2.14. The Hall–Kier alpha value is -1.93. The van der Waals surface area contributed by atoms with Crippen molar-refractivity contribution in [3.8, 4) is 0 Å². The molecule has 98 valence electrons. The van der Waals surface area contributed by atoms with Crippen LogP contribution in [0.2, 0.25) is 0 Å². The van der Waals surface area contributed by atoms with Crippen molar-refractivity contribution in [2.45, 2.75) is 24.9 Å². The third-order valence-electron chi connectivity index (χ3n) is 3.26. The number of hydrogen-bond acceptors (Lipinski definition) is 2. The molecule has 0 aromatic heterocycles. The van der Waals surface area contributed by atoms with Crippen LogP contribution in [0.15, 0.2) is 60.7 Å². The molecule has 0 aliphatic carbocycles. The molecule has 0 aliphatic heterocycles. The van der Waals surface area contributed by atoms with E-state index in [1.165, 1.54) is 0 Å². The predicted molar refractivity (Wildman–Crippen MR) is 75.9 cm³/mol. The van der Waals surface area contributed by atoms with E-state index < -0.39 is 5.60 Å². The molecular formula is C17H18O2. The minimum atomic E-state index is -1.28. The van der Waals surface area contributed by atoms with Gasteiger partial charge in [-0.15, -0.1) is 0 Å². The van der Waals surface area contributed by atoms with Crippen LogP contribution in [0.1, 0.15) is 17.5 Å². The summed E-state index contributed by atoms with van der Waals surface area (Å²) < 4.78 is 0. The van der Waals surface area contributed by atoms with Crippen LogP contribution in [0.5, 0.6) is 0 Å². The maximum absolute atomic E-state index is 11.2. The minimum Gasteiger partial charge on any atom is -0.382 e. The number of carbonyl (C=O) groups excluding carboxylic acids is 1. The summed E-state index contributed by atoms with van der Waals surface area (Å²) in [6.45, 7) is 0. The van der Waals surface area contributed by atoms with Crippen molar-refractivity contribution in [1.82, 2.24) is 0 Å². The lowest BCUT2D eigenvalue weighted by Gasteiger charge is -2.21. The Morgan fingerprint density at radius 1 is 0.895 bits per heavy atom. The van der Waals surface area contributed by atoms with Gasteiger partial charge >= 0.3 is 0 Å². The standard InChI is InChI=1S/C17H18O2/c18-14-17(19,13-16-9-5-2-6-10-16)12-11-15-7-3-1-4-8-15/h1-10,14,19H,11-13H2. The van der Waals surface area contributed by atoms with Gasteiger partial charge in [-0.3, -0.25) is 0 Å². The molecule has 0 bridgehead atoms. The molecule has 0 saturated carbocycles. The topological polar surface area (TPSA) is 37.3 Å². The summed E-state index contributed by atoms with van der Waals surface area (Å²) >= 11 is 0. The first kappa shape index (κ1) is 13.5. The zero-order valence-electron chi connectivity index (χ0n) is 10.8. The van der Waals surface area contributed by atoms with Crippen molar-refractivity contribution in [2.24, 2.45) is 0 Å². The van der Waals surface area contributed by atoms with Crippen molar-refractivity contribution in [3.05, 3.63) is 71.8 Å². The van der Waals surface area contributed by atoms with Crippen molar-refractivity contribution in [3.63, 3.8) is 0 Å². The zero-order valence-corrected chi connectivity index (χ0v) is 10.8. The molecule has 2 rings (SSSR count). The molecule has 1 atom stereocenters. The van der Waals surface area contributed by atoms with Crippen LogP contribution in [0.3, 0.4) is 0 Å². The lowest BCUT2D eigenvalue weighted by atomic mass is 9.90. The number of aryl methyl sites for hydroxylation is 1. The van der Waals surface area contributed by atoms with Gasteiger partial charge in [-0.1, -0.05) is 60.7 Å². The molecule has 1 N–H and O–H groups in total. The van der Waals surface area contributed by atoms with E-state index in [1.807, 2.05) is 60.7 Å². The Kier molecular flexibility index (Phi) is 4.48. The minimum absolute atomic E-state index is 0.365. The summed E-state index contributed by atoms with van der Waals surface area (Å²) in [5.74, 6) is 0. The summed E-state index contributed by atoms with van der Waals surface area (Å²) in [5.41, 5.74) is 0.831. The van der Waals surface area contributed by atoms with Crippen molar-refractivity contribution < 1.29 is 9.90 Å². The van der Waals surface area contributed by atoms with E-state index in [-0.39, 0.29) is 0 Å². The van der Waals surface area contributed by atoms with E-state index in [1.54, 1.807) is 0 Å². The largest absolute Gasteiger partial charge is 0.382 e. The Balaban J connectivity index is 2.00. The molecule has 2 heteroatoms. The highest BCUT2D eigenvalue weighted by molar-refractivity contribution is 5.63. The van der Waals surface area contributed by atoms with Crippen LogP contribution >= 0.6 is 0 Å². The van der Waals surface area contributed by atoms with Gasteiger partial charge in [-0.2, -0.15) is 0 Å². The highest BCUT2D eigenvalue weighted by Gasteiger charge is 2.26. The number of benzene rings is 2. The lowest BCUT2D eigenvalue weighted by molar-refractivity contribution is -0.124. The molecule has 0 saturated heterocycles. The Bertz CT molecular complexity index is 507. The molecule has 2 aromatic carbocycles. The van der Waals surface area contributed by atoms with Crippen LogP contribution < -0.4 is 0 Å². The van der Waals surface area contributed by atoms with E-state index in [9.17, 15) is 9.90 Å². The van der Waals surface area contributed by atoms with E-state index in [0.717, 1.165) is 11.1 Å². The van der Waals surface area contributed by atoms with Gasteiger partial charge in [-0.05, 0) is 24.0 Å². The van der Waals surface area contributed by atoms with Gasteiger partial charge in [0.1, 0.15) is 5.60 Å². The first-order chi connectivity index (χ1) is 9.22. The second-order valence-electron chi connectivity index (χ2n) is 4.87. The number of aldehydes is 1. The van der Waals surface area contributed by atoms with Gasteiger partial charge in [0.05, 0.1) is 0 Å². The molecule has 0 spiro atoms. The molecule has 0 radical (unpaired) electrons. The number of carbonyl (C=O) groups is 1. The van der Waals surface area contributed by atoms with Crippen LogP contribution in [-0.4, -0.2) is 17.0 Å². The molecular weight excluding hydrogens is 236 g/mol. The third kappa shape index (κ3) is 4.04. The number of aliphatic hydroxyl groups is 1. The maximum atomic E-state index is 11.2. The zero-order chi connectivity index (χ0) is 13.6. The van der Waals surface area contributed by atoms with Crippen molar-refractivity contribution >= 4 is 6.29 Å². The number of hydrogen-bond donors (Lipinski definition) is 1. The monoisotopic (exact) mass is 254 g/mol. The second-order valence-corrected chi connectivity index (χ2v) is 4.87. The van der Waals surface area contributed by atoms with E-state index >= 15 is 0 Å². The summed E-state index contributed by atoms with van der Waals surface area (Å²) in [6, 6.07) is 19.5. The van der Waals surface area contributed by atoms with E-state index in [4.69, 9.17) is 0 Å². The van der Waals surface area contributed by atoms with E-state index in [0.29, 0.717) is 25.5 Å². The quantitative estimate of drug-likeness (QED) is 0.805. The van der Waals surface area contributed by atoms with Gasteiger partial charge < -0.3 is 9.90 Å². The Morgan fingerprint density at radius 3 is 1.95 bits per heavy atom. The highest BCUT2D eigenvalue weighted by atomic mass is 16.3. The molecule has 0 heterocycles. The maximum Gasteiger partial charge on any atom is 0.151 e. The van der Waals surface area contributed by atoms with Gasteiger partial charge in [-0.25, -0.2) is 0 Å². The molecule has 0 aliphatic rings. The molecule has 0 fully saturated rings. The summed E-state index contributed by atoms with van der Waals surface area (Å²) in [4.78, 5) is 11.2. The van der Waals surface area contributed by atoms with Gasteiger partial charge in [0.25, 0.3) is 0 Å². The molecule has 2 nitrogen and oxygen atoms in total. The fourth-order valence-electron chi connectivity index (χ4n) is 2.14. The van der Waals surface area contributed by atoms with Crippen LogP contribution in [-0.2, 0) is 17.6 Å². The summed E-state index contributed by atoms with van der Waals surface area (Å²) in [6.07, 6.45) is 2.17. The second kappa shape index (κ2) is 6.30. The first-order valence-corrected chi connectivity index (χ1v) is 6.48. The van der Waals surface area contributed by atoms with Crippen LogP contribution in [0, 0.1) is 0 Å². The highest BCUT2D eigenvalue weighted by Crippen LogP contribution is 2.18. The number of rotatable bonds is 6. The molecule has 19 heavy (non-hydrogen) atoms. The SMILES string of the molecule is O=CC(O)(CCc1ccccc1)Cc1ccccc1. The predicted octanol–water partition coefficient (Wildman–Crippen LogP) is 2.79. The molecule has 0 amide bonds. The Morgan fingerprint density at radius 2 is 1.42 bits per heavy atom. The van der Waals surface area contributed by atoms with Crippen molar-refractivity contribution in [1.29, 1.82) is 0 Å². The smallest absolute Gasteiger partial charge is 0.151 e. The molecule has 1 unspecified atom stereocenters.